The summed E-state index contributed by atoms with van der Waals surface area (Å²) >= 11 is 0. The number of anilines is 1. The highest BCUT2D eigenvalue weighted by atomic mass is 16.2. The van der Waals surface area contributed by atoms with Crippen LogP contribution in [0.1, 0.15) is 25.0 Å². The van der Waals surface area contributed by atoms with Crippen molar-refractivity contribution < 1.29 is 4.79 Å². The number of carbonyl (C=O) groups is 1. The zero-order chi connectivity index (χ0) is 12.6. The van der Waals surface area contributed by atoms with Gasteiger partial charge in [-0.05, 0) is 38.8 Å². The Morgan fingerprint density at radius 1 is 1.24 bits per heavy atom. The lowest BCUT2D eigenvalue weighted by Crippen LogP contribution is -2.60. The van der Waals surface area contributed by atoms with Crippen LogP contribution in [0, 0.1) is 13.8 Å². The molecule has 1 aromatic rings. The van der Waals surface area contributed by atoms with Gasteiger partial charge in [-0.15, -0.1) is 0 Å². The number of para-hydroxylation sites is 1. The Bertz CT molecular complexity index is 431. The Morgan fingerprint density at radius 2 is 1.82 bits per heavy atom. The molecule has 1 aliphatic rings. The smallest absolute Gasteiger partial charge is 0.239 e. The first-order chi connectivity index (χ1) is 7.89. The number of hydrogen-bond acceptors (Lipinski definition) is 2. The molecule has 0 spiro atoms. The summed E-state index contributed by atoms with van der Waals surface area (Å²) in [5, 5.41) is 3.01. The predicted molar refractivity (Wildman–Crippen MR) is 70.4 cm³/mol. The van der Waals surface area contributed by atoms with Crippen molar-refractivity contribution in [2.45, 2.75) is 33.2 Å². The number of benzene rings is 1. The van der Waals surface area contributed by atoms with E-state index in [-0.39, 0.29) is 11.4 Å². The third-order valence-electron chi connectivity index (χ3n) is 3.15. The molecule has 0 saturated carbocycles. The number of piperazine rings is 1. The maximum Gasteiger partial charge on any atom is 0.239 e. The molecule has 1 saturated heterocycles. The number of hydrogen-bond donors (Lipinski definition) is 1. The van der Waals surface area contributed by atoms with Crippen LogP contribution in [0.2, 0.25) is 0 Å². The Kier molecular flexibility index (Phi) is 2.86. The molecule has 92 valence electrons. The lowest BCUT2D eigenvalue weighted by Gasteiger charge is -2.40. The molecule has 1 aromatic carbocycles. The molecule has 3 nitrogen and oxygen atoms in total. The van der Waals surface area contributed by atoms with E-state index < -0.39 is 0 Å². The molecule has 2 rings (SSSR count). The fourth-order valence-corrected chi connectivity index (χ4v) is 2.63. The first-order valence-corrected chi connectivity index (χ1v) is 6.01. The number of rotatable bonds is 1. The number of aryl methyl sites for hydroxylation is 2. The second-order valence-electron chi connectivity index (χ2n) is 5.53. The topological polar surface area (TPSA) is 32.3 Å². The lowest BCUT2D eigenvalue weighted by molar-refractivity contribution is -0.122. The van der Waals surface area contributed by atoms with Crippen LogP contribution >= 0.6 is 0 Å². The fraction of sp³-hybridized carbons (Fsp3) is 0.500. The molecule has 0 aromatic heterocycles. The maximum absolute atomic E-state index is 11.7. The van der Waals surface area contributed by atoms with Crippen molar-refractivity contribution in [1.29, 1.82) is 0 Å². The Balaban J connectivity index is 2.37. The summed E-state index contributed by atoms with van der Waals surface area (Å²) in [6.45, 7) is 9.62. The van der Waals surface area contributed by atoms with Crippen molar-refractivity contribution in [1.82, 2.24) is 5.32 Å². The van der Waals surface area contributed by atoms with E-state index in [0.29, 0.717) is 6.54 Å². The molecule has 1 aliphatic heterocycles. The molecule has 1 amide bonds. The highest BCUT2D eigenvalue weighted by molar-refractivity contribution is 5.84. The van der Waals surface area contributed by atoms with Gasteiger partial charge in [0, 0.05) is 12.2 Å². The second-order valence-corrected chi connectivity index (χ2v) is 5.53. The third-order valence-corrected chi connectivity index (χ3v) is 3.15. The van der Waals surface area contributed by atoms with Gasteiger partial charge in [-0.3, -0.25) is 4.79 Å². The van der Waals surface area contributed by atoms with Gasteiger partial charge < -0.3 is 10.2 Å². The summed E-state index contributed by atoms with van der Waals surface area (Å²) in [5.74, 6) is 0.101. The zero-order valence-corrected chi connectivity index (χ0v) is 11.0. The van der Waals surface area contributed by atoms with Crippen LogP contribution in [0.5, 0.6) is 0 Å². The number of nitrogens with zero attached hydrogens (tertiary/aromatic N) is 1. The summed E-state index contributed by atoms with van der Waals surface area (Å²) in [7, 11) is 0. The van der Waals surface area contributed by atoms with E-state index >= 15 is 0 Å². The van der Waals surface area contributed by atoms with Gasteiger partial charge in [0.1, 0.15) is 0 Å². The van der Waals surface area contributed by atoms with Gasteiger partial charge in [-0.25, -0.2) is 0 Å². The highest BCUT2D eigenvalue weighted by Gasteiger charge is 2.31. The van der Waals surface area contributed by atoms with Gasteiger partial charge in [0.25, 0.3) is 0 Å². The molecule has 0 unspecified atom stereocenters. The van der Waals surface area contributed by atoms with E-state index in [2.05, 4.69) is 56.1 Å². The summed E-state index contributed by atoms with van der Waals surface area (Å²) in [4.78, 5) is 13.9. The Labute approximate surface area is 103 Å². The van der Waals surface area contributed by atoms with Crippen LogP contribution < -0.4 is 10.2 Å². The van der Waals surface area contributed by atoms with Crippen molar-refractivity contribution in [3.05, 3.63) is 29.3 Å². The van der Waals surface area contributed by atoms with E-state index in [1.165, 1.54) is 16.8 Å². The van der Waals surface area contributed by atoms with E-state index in [0.717, 1.165) is 6.54 Å². The molecule has 1 heterocycles. The fourth-order valence-electron chi connectivity index (χ4n) is 2.63. The van der Waals surface area contributed by atoms with Gasteiger partial charge in [0.2, 0.25) is 5.91 Å². The standard InChI is InChI=1S/C14H20N2O/c1-10-6-5-7-11(2)13(10)16-8-12(17)15-14(3,4)9-16/h5-7H,8-9H2,1-4H3,(H,15,17). The van der Waals surface area contributed by atoms with E-state index in [1.807, 2.05) is 0 Å². The molecule has 0 atom stereocenters. The predicted octanol–water partition coefficient (Wildman–Crippen LogP) is 2.02. The normalized spacial score (nSPS) is 19.1. The van der Waals surface area contributed by atoms with Crippen LogP contribution in [-0.2, 0) is 4.79 Å². The number of amides is 1. The molecular formula is C14H20N2O. The van der Waals surface area contributed by atoms with Crippen LogP contribution in [-0.4, -0.2) is 24.5 Å². The van der Waals surface area contributed by atoms with E-state index in [4.69, 9.17) is 0 Å². The van der Waals surface area contributed by atoms with Crippen molar-refractivity contribution in [3.8, 4) is 0 Å². The molecule has 0 radical (unpaired) electrons. The summed E-state index contributed by atoms with van der Waals surface area (Å²) in [6, 6.07) is 6.26. The van der Waals surface area contributed by atoms with Gasteiger partial charge in [-0.1, -0.05) is 18.2 Å². The Hall–Kier alpha value is -1.51. The van der Waals surface area contributed by atoms with Gasteiger partial charge in [0.15, 0.2) is 0 Å². The average molecular weight is 232 g/mol. The van der Waals surface area contributed by atoms with Gasteiger partial charge in [0.05, 0.1) is 12.1 Å². The molecule has 1 fully saturated rings. The summed E-state index contributed by atoms with van der Waals surface area (Å²) in [6.07, 6.45) is 0. The first kappa shape index (κ1) is 12.0. The minimum atomic E-state index is -0.163. The molecule has 1 N–H and O–H groups in total. The van der Waals surface area contributed by atoms with Crippen molar-refractivity contribution in [2.75, 3.05) is 18.0 Å². The van der Waals surface area contributed by atoms with Crippen LogP contribution in [0.3, 0.4) is 0 Å². The van der Waals surface area contributed by atoms with Crippen molar-refractivity contribution >= 4 is 11.6 Å². The molecular weight excluding hydrogens is 212 g/mol. The van der Waals surface area contributed by atoms with Gasteiger partial charge in [-0.2, -0.15) is 0 Å². The number of nitrogens with one attached hydrogen (secondary N) is 1. The minimum absolute atomic E-state index is 0.101. The van der Waals surface area contributed by atoms with Crippen molar-refractivity contribution in [3.63, 3.8) is 0 Å². The summed E-state index contributed by atoms with van der Waals surface area (Å²) in [5.41, 5.74) is 3.51. The van der Waals surface area contributed by atoms with Crippen molar-refractivity contribution in [2.24, 2.45) is 0 Å². The summed E-state index contributed by atoms with van der Waals surface area (Å²) < 4.78 is 0. The van der Waals surface area contributed by atoms with E-state index in [1.54, 1.807) is 0 Å². The quantitative estimate of drug-likeness (QED) is 0.803. The van der Waals surface area contributed by atoms with E-state index in [9.17, 15) is 4.79 Å². The molecule has 0 aliphatic carbocycles. The molecule has 0 bridgehead atoms. The van der Waals surface area contributed by atoms with Gasteiger partial charge >= 0.3 is 0 Å². The molecule has 17 heavy (non-hydrogen) atoms. The van der Waals surface area contributed by atoms with Crippen LogP contribution in [0.25, 0.3) is 0 Å². The number of carbonyl (C=O) groups excluding carboxylic acids is 1. The van der Waals surface area contributed by atoms with Crippen LogP contribution in [0.4, 0.5) is 5.69 Å². The maximum atomic E-state index is 11.7. The SMILES string of the molecule is Cc1cccc(C)c1N1CC(=O)NC(C)(C)C1. The largest absolute Gasteiger partial charge is 0.359 e. The van der Waals surface area contributed by atoms with Crippen LogP contribution in [0.15, 0.2) is 18.2 Å². The lowest BCUT2D eigenvalue weighted by atomic mass is 9.99. The average Bonchev–Trinajstić information content (AvgIpc) is 2.13. The second kappa shape index (κ2) is 4.06. The zero-order valence-electron chi connectivity index (χ0n) is 11.0. The highest BCUT2D eigenvalue weighted by Crippen LogP contribution is 2.27. The third kappa shape index (κ3) is 2.43. The minimum Gasteiger partial charge on any atom is -0.359 e. The Morgan fingerprint density at radius 3 is 2.35 bits per heavy atom. The first-order valence-electron chi connectivity index (χ1n) is 6.01. The molecule has 3 heteroatoms. The monoisotopic (exact) mass is 232 g/mol.